The molecule has 2 aromatic heterocycles. The van der Waals surface area contributed by atoms with E-state index in [1.165, 1.54) is 0 Å². The Morgan fingerprint density at radius 2 is 2.18 bits per heavy atom. The summed E-state index contributed by atoms with van der Waals surface area (Å²) in [6.45, 7) is 3.14. The van der Waals surface area contributed by atoms with Gasteiger partial charge in [0.05, 0.1) is 26.9 Å². The van der Waals surface area contributed by atoms with E-state index in [4.69, 9.17) is 9.47 Å². The van der Waals surface area contributed by atoms with E-state index in [-0.39, 0.29) is 11.9 Å². The van der Waals surface area contributed by atoms with E-state index in [0.29, 0.717) is 19.8 Å². The molecule has 28 heavy (non-hydrogen) atoms. The molecule has 0 unspecified atom stereocenters. The summed E-state index contributed by atoms with van der Waals surface area (Å²) in [4.78, 5) is 22.8. The third-order valence-corrected chi connectivity index (χ3v) is 5.00. The van der Waals surface area contributed by atoms with Crippen LogP contribution in [0.15, 0.2) is 48.8 Å². The van der Waals surface area contributed by atoms with Crippen LogP contribution in [0, 0.1) is 0 Å². The first kappa shape index (κ1) is 18.5. The first-order valence-electron chi connectivity index (χ1n) is 9.39. The summed E-state index contributed by atoms with van der Waals surface area (Å²) in [5, 5.41) is 4.13. The van der Waals surface area contributed by atoms with Crippen molar-refractivity contribution in [2.45, 2.75) is 12.6 Å². The molecule has 1 fully saturated rings. The highest BCUT2D eigenvalue weighted by Crippen LogP contribution is 2.23. The largest absolute Gasteiger partial charge is 0.497 e. The summed E-state index contributed by atoms with van der Waals surface area (Å²) >= 11 is 0. The Labute approximate surface area is 163 Å². The number of aromatic amines is 1. The van der Waals surface area contributed by atoms with Gasteiger partial charge in [-0.15, -0.1) is 0 Å². The molecule has 2 N–H and O–H groups in total. The number of carbonyl (C=O) groups excluding carboxylic acids is 1. The maximum Gasteiger partial charge on any atom is 0.242 e. The van der Waals surface area contributed by atoms with Gasteiger partial charge in [-0.1, -0.05) is 6.07 Å². The van der Waals surface area contributed by atoms with Gasteiger partial charge in [-0.25, -0.2) is 0 Å². The van der Waals surface area contributed by atoms with E-state index in [1.54, 1.807) is 19.5 Å². The number of nitrogens with zero attached hydrogens (tertiary/aromatic N) is 2. The molecule has 3 aromatic rings. The van der Waals surface area contributed by atoms with E-state index in [9.17, 15) is 4.79 Å². The maximum absolute atomic E-state index is 13.1. The van der Waals surface area contributed by atoms with E-state index in [1.807, 2.05) is 36.4 Å². The quantitative estimate of drug-likeness (QED) is 0.686. The summed E-state index contributed by atoms with van der Waals surface area (Å²) in [5.74, 6) is 0.775. The molecule has 1 aromatic carbocycles. The van der Waals surface area contributed by atoms with Gasteiger partial charge in [-0.2, -0.15) is 0 Å². The second-order valence-electron chi connectivity index (χ2n) is 6.80. The van der Waals surface area contributed by atoms with Crippen LogP contribution < -0.4 is 10.1 Å². The summed E-state index contributed by atoms with van der Waals surface area (Å²) in [6, 6.07) is 11.3. The predicted molar refractivity (Wildman–Crippen MR) is 106 cm³/mol. The van der Waals surface area contributed by atoms with Gasteiger partial charge in [0.1, 0.15) is 11.8 Å². The van der Waals surface area contributed by atoms with Gasteiger partial charge in [0.15, 0.2) is 0 Å². The number of morpholine rings is 1. The van der Waals surface area contributed by atoms with Gasteiger partial charge in [0, 0.05) is 42.1 Å². The highest BCUT2D eigenvalue weighted by Gasteiger charge is 2.29. The monoisotopic (exact) mass is 380 g/mol. The molecule has 0 bridgehead atoms. The Balaban J connectivity index is 1.49. The Morgan fingerprint density at radius 1 is 1.32 bits per heavy atom. The van der Waals surface area contributed by atoms with Crippen molar-refractivity contribution < 1.29 is 14.3 Å². The molecule has 1 aliphatic rings. The van der Waals surface area contributed by atoms with Crippen molar-refractivity contribution in [1.82, 2.24) is 20.2 Å². The third kappa shape index (κ3) is 4.00. The van der Waals surface area contributed by atoms with Crippen molar-refractivity contribution in [3.8, 4) is 5.75 Å². The van der Waals surface area contributed by atoms with Crippen LogP contribution in [0.3, 0.4) is 0 Å². The number of aromatic nitrogens is 2. The Hall–Kier alpha value is -2.90. The number of carbonyl (C=O) groups is 1. The van der Waals surface area contributed by atoms with Gasteiger partial charge in [0.25, 0.3) is 0 Å². The third-order valence-electron chi connectivity index (χ3n) is 5.00. The van der Waals surface area contributed by atoms with E-state index >= 15 is 0 Å². The molecule has 1 atom stereocenters. The number of nitrogens with one attached hydrogen (secondary N) is 2. The number of hydrogen-bond donors (Lipinski definition) is 2. The highest BCUT2D eigenvalue weighted by atomic mass is 16.5. The lowest BCUT2D eigenvalue weighted by atomic mass is 10.1. The fraction of sp³-hybridized carbons (Fsp3) is 0.333. The zero-order valence-electron chi connectivity index (χ0n) is 15.9. The number of H-pyrrole nitrogens is 1. The lowest BCUT2D eigenvalue weighted by Crippen LogP contribution is -2.45. The summed E-state index contributed by atoms with van der Waals surface area (Å²) < 4.78 is 10.7. The molecule has 7 nitrogen and oxygen atoms in total. The van der Waals surface area contributed by atoms with E-state index in [2.05, 4.69) is 20.2 Å². The van der Waals surface area contributed by atoms with Gasteiger partial charge >= 0.3 is 0 Å². The van der Waals surface area contributed by atoms with E-state index in [0.717, 1.165) is 41.0 Å². The molecule has 7 heteroatoms. The molecule has 0 radical (unpaired) electrons. The highest BCUT2D eigenvalue weighted by molar-refractivity contribution is 5.84. The van der Waals surface area contributed by atoms with Crippen molar-refractivity contribution in [1.29, 1.82) is 0 Å². The molecular formula is C21H24N4O3. The molecule has 1 saturated heterocycles. The number of benzene rings is 1. The number of hydrogen-bond acceptors (Lipinski definition) is 5. The summed E-state index contributed by atoms with van der Waals surface area (Å²) in [7, 11) is 1.65. The zero-order chi connectivity index (χ0) is 19.3. The summed E-state index contributed by atoms with van der Waals surface area (Å²) in [5.41, 5.74) is 2.86. The van der Waals surface area contributed by atoms with E-state index < -0.39 is 0 Å². The van der Waals surface area contributed by atoms with Crippen molar-refractivity contribution in [3.05, 3.63) is 60.0 Å². The van der Waals surface area contributed by atoms with Gasteiger partial charge in [-0.05, 0) is 35.9 Å². The van der Waals surface area contributed by atoms with Crippen LogP contribution >= 0.6 is 0 Å². The van der Waals surface area contributed by atoms with Crippen molar-refractivity contribution in [3.63, 3.8) is 0 Å². The molecule has 0 aliphatic carbocycles. The van der Waals surface area contributed by atoms with Crippen LogP contribution in [0.5, 0.6) is 5.75 Å². The topological polar surface area (TPSA) is 79.5 Å². The van der Waals surface area contributed by atoms with Crippen LogP contribution in [0.1, 0.15) is 17.3 Å². The van der Waals surface area contributed by atoms with Crippen molar-refractivity contribution in [2.75, 3.05) is 33.4 Å². The Bertz CT molecular complexity index is 935. The van der Waals surface area contributed by atoms with Crippen LogP contribution in [0.25, 0.3) is 10.9 Å². The van der Waals surface area contributed by atoms with Crippen molar-refractivity contribution in [2.24, 2.45) is 0 Å². The predicted octanol–water partition coefficient (Wildman–Crippen LogP) is 2.26. The fourth-order valence-electron chi connectivity index (χ4n) is 3.57. The minimum absolute atomic E-state index is 0.0360. The molecule has 0 saturated carbocycles. The Morgan fingerprint density at radius 3 is 2.93 bits per heavy atom. The second-order valence-corrected chi connectivity index (χ2v) is 6.80. The van der Waals surface area contributed by atoms with Gasteiger partial charge in [-0.3, -0.25) is 14.7 Å². The SMILES string of the molecule is COc1ccc2[nH]c(CNC(=O)[C@@H](c3cccnc3)N3CCOCC3)cc2c1. The second kappa shape index (κ2) is 8.41. The lowest BCUT2D eigenvalue weighted by Gasteiger charge is -2.33. The molecule has 0 spiro atoms. The number of ether oxygens (including phenoxy) is 2. The standard InChI is InChI=1S/C21H24N4O3/c1-27-18-4-5-19-16(12-18)11-17(24-19)14-23-21(26)20(15-3-2-6-22-13-15)25-7-9-28-10-8-25/h2-6,11-13,20,24H,7-10,14H2,1H3,(H,23,26)/t20-/m1/s1. The van der Waals surface area contributed by atoms with Crippen LogP contribution in [-0.2, 0) is 16.1 Å². The molecule has 3 heterocycles. The number of amides is 1. The minimum atomic E-state index is -0.373. The van der Waals surface area contributed by atoms with Crippen LogP contribution in [0.4, 0.5) is 0 Å². The van der Waals surface area contributed by atoms with Gasteiger partial charge in [0.2, 0.25) is 5.91 Å². The number of fused-ring (bicyclic) bond motifs is 1. The molecule has 4 rings (SSSR count). The average Bonchev–Trinajstić information content (AvgIpc) is 3.16. The van der Waals surface area contributed by atoms with Crippen LogP contribution in [0.2, 0.25) is 0 Å². The first-order valence-corrected chi connectivity index (χ1v) is 9.39. The first-order chi connectivity index (χ1) is 13.7. The fourth-order valence-corrected chi connectivity index (χ4v) is 3.57. The Kier molecular flexibility index (Phi) is 5.55. The average molecular weight is 380 g/mol. The normalized spacial score (nSPS) is 16.0. The smallest absolute Gasteiger partial charge is 0.242 e. The maximum atomic E-state index is 13.1. The summed E-state index contributed by atoms with van der Waals surface area (Å²) in [6.07, 6.45) is 3.48. The number of rotatable bonds is 6. The van der Waals surface area contributed by atoms with Gasteiger partial charge < -0.3 is 19.8 Å². The minimum Gasteiger partial charge on any atom is -0.497 e. The number of methoxy groups -OCH3 is 1. The molecular weight excluding hydrogens is 356 g/mol. The molecule has 1 aliphatic heterocycles. The lowest BCUT2D eigenvalue weighted by molar-refractivity contribution is -0.128. The molecule has 1 amide bonds. The molecule has 146 valence electrons. The number of pyridine rings is 1. The van der Waals surface area contributed by atoms with Crippen molar-refractivity contribution >= 4 is 16.8 Å². The zero-order valence-corrected chi connectivity index (χ0v) is 15.9. The van der Waals surface area contributed by atoms with Crippen LogP contribution in [-0.4, -0.2) is 54.2 Å².